The molecule has 0 aliphatic carbocycles. The molecule has 2 heterocycles. The molecule has 0 aliphatic heterocycles. The van der Waals surface area contributed by atoms with E-state index >= 15 is 0 Å². The van der Waals surface area contributed by atoms with Crippen LogP contribution in [0.3, 0.4) is 0 Å². The first kappa shape index (κ1) is 16.5. The molecule has 4 heteroatoms. The minimum Gasteiger partial charge on any atom is -0.492 e. The fourth-order valence-electron chi connectivity index (χ4n) is 3.17. The molecule has 2 aromatic heterocycles. The van der Waals surface area contributed by atoms with Crippen LogP contribution in [0, 0.1) is 5.92 Å². The zero-order valence-electron chi connectivity index (χ0n) is 14.5. The molecule has 126 valence electrons. The van der Waals surface area contributed by atoms with Crippen molar-refractivity contribution < 1.29 is 4.74 Å². The van der Waals surface area contributed by atoms with Gasteiger partial charge in [-0.25, -0.2) is 4.98 Å². The number of fused-ring (bicyclic) bond motifs is 1. The van der Waals surface area contributed by atoms with Crippen molar-refractivity contribution in [1.82, 2.24) is 9.97 Å². The zero-order chi connectivity index (χ0) is 17.2. The maximum Gasteiger partial charge on any atom is 0.137 e. The van der Waals surface area contributed by atoms with Gasteiger partial charge in [-0.2, -0.15) is 0 Å². The molecule has 0 radical (unpaired) electrons. The highest BCUT2D eigenvalue weighted by Crippen LogP contribution is 2.29. The Kier molecular flexibility index (Phi) is 4.58. The summed E-state index contributed by atoms with van der Waals surface area (Å²) >= 11 is 0. The summed E-state index contributed by atoms with van der Waals surface area (Å²) in [6, 6.07) is 12.2. The van der Waals surface area contributed by atoms with E-state index in [1.54, 1.807) is 6.20 Å². The average Bonchev–Trinajstić information content (AvgIpc) is 2.96. The van der Waals surface area contributed by atoms with Crippen LogP contribution in [0.15, 0.2) is 48.8 Å². The fourth-order valence-corrected chi connectivity index (χ4v) is 3.17. The monoisotopic (exact) mass is 323 g/mol. The van der Waals surface area contributed by atoms with Crippen LogP contribution in [0.25, 0.3) is 22.2 Å². The Morgan fingerprint density at radius 1 is 1.21 bits per heavy atom. The van der Waals surface area contributed by atoms with Gasteiger partial charge in [0.15, 0.2) is 0 Å². The predicted molar refractivity (Wildman–Crippen MR) is 99.1 cm³/mol. The average molecular weight is 323 g/mol. The van der Waals surface area contributed by atoms with Crippen molar-refractivity contribution in [3.05, 3.63) is 48.8 Å². The number of nitrogens with zero attached hydrogens (tertiary/aromatic N) is 1. The third-order valence-corrected chi connectivity index (χ3v) is 4.06. The van der Waals surface area contributed by atoms with Gasteiger partial charge in [-0.15, -0.1) is 0 Å². The summed E-state index contributed by atoms with van der Waals surface area (Å²) in [6.45, 7) is 6.91. The van der Waals surface area contributed by atoms with Crippen LogP contribution in [-0.2, 0) is 0 Å². The van der Waals surface area contributed by atoms with Crippen LogP contribution < -0.4 is 10.5 Å². The number of nitrogens with one attached hydrogen (secondary N) is 1. The van der Waals surface area contributed by atoms with Crippen LogP contribution >= 0.6 is 0 Å². The van der Waals surface area contributed by atoms with Crippen LogP contribution in [0.1, 0.15) is 27.2 Å². The Bertz CT molecular complexity index is 803. The number of hydrogen-bond donors (Lipinski definition) is 2. The summed E-state index contributed by atoms with van der Waals surface area (Å²) in [5.74, 6) is 1.40. The van der Waals surface area contributed by atoms with Crippen molar-refractivity contribution in [2.45, 2.75) is 32.7 Å². The lowest BCUT2D eigenvalue weighted by atomic mass is 9.93. The molecule has 0 amide bonds. The lowest BCUT2D eigenvalue weighted by molar-refractivity contribution is 0.207. The van der Waals surface area contributed by atoms with Gasteiger partial charge in [0, 0.05) is 28.9 Å². The van der Waals surface area contributed by atoms with Crippen LogP contribution in [0.5, 0.6) is 5.75 Å². The lowest BCUT2D eigenvalue weighted by Gasteiger charge is -2.26. The number of rotatable bonds is 6. The van der Waals surface area contributed by atoms with Crippen LogP contribution in [-0.4, -0.2) is 22.1 Å². The maximum absolute atomic E-state index is 6.30. The molecule has 3 rings (SSSR count). The summed E-state index contributed by atoms with van der Waals surface area (Å²) in [4.78, 5) is 7.54. The largest absolute Gasteiger partial charge is 0.492 e. The highest BCUT2D eigenvalue weighted by atomic mass is 16.5. The second-order valence-electron chi connectivity index (χ2n) is 7.17. The van der Waals surface area contributed by atoms with E-state index in [2.05, 4.69) is 42.0 Å². The molecule has 24 heavy (non-hydrogen) atoms. The molecule has 4 nitrogen and oxygen atoms in total. The third kappa shape index (κ3) is 3.77. The van der Waals surface area contributed by atoms with Gasteiger partial charge in [0.25, 0.3) is 0 Å². The minimum absolute atomic E-state index is 0.310. The molecule has 0 fully saturated rings. The predicted octanol–water partition coefficient (Wildman–Crippen LogP) is 4.37. The fraction of sp³-hybridized carbons (Fsp3) is 0.350. The number of pyridine rings is 1. The highest BCUT2D eigenvalue weighted by molar-refractivity contribution is 5.93. The number of nitrogens with two attached hydrogens (primary N) is 1. The van der Waals surface area contributed by atoms with Crippen molar-refractivity contribution >= 4 is 11.0 Å². The topological polar surface area (TPSA) is 63.9 Å². The van der Waals surface area contributed by atoms with Gasteiger partial charge >= 0.3 is 0 Å². The van der Waals surface area contributed by atoms with E-state index in [4.69, 9.17) is 10.5 Å². The molecule has 0 bridgehead atoms. The summed E-state index contributed by atoms with van der Waals surface area (Å²) in [5, 5.41) is 1.12. The van der Waals surface area contributed by atoms with Crippen molar-refractivity contribution in [3.8, 4) is 16.9 Å². The molecule has 1 aromatic carbocycles. The van der Waals surface area contributed by atoms with Crippen molar-refractivity contribution in [2.75, 3.05) is 6.61 Å². The number of ether oxygens (including phenoxy) is 1. The first-order chi connectivity index (χ1) is 11.4. The van der Waals surface area contributed by atoms with Gasteiger partial charge in [0.05, 0.1) is 0 Å². The van der Waals surface area contributed by atoms with E-state index in [1.165, 1.54) is 0 Å². The zero-order valence-corrected chi connectivity index (χ0v) is 14.5. The van der Waals surface area contributed by atoms with Gasteiger partial charge in [0.2, 0.25) is 0 Å². The van der Waals surface area contributed by atoms with Crippen LogP contribution in [0.4, 0.5) is 0 Å². The third-order valence-electron chi connectivity index (χ3n) is 4.06. The summed E-state index contributed by atoms with van der Waals surface area (Å²) in [5.41, 5.74) is 9.18. The van der Waals surface area contributed by atoms with Gasteiger partial charge in [-0.3, -0.25) is 0 Å². The Balaban J connectivity index is 1.72. The molecule has 0 saturated heterocycles. The number of aromatic nitrogens is 2. The molecular formula is C20H25N3O. The van der Waals surface area contributed by atoms with E-state index in [0.717, 1.165) is 34.3 Å². The van der Waals surface area contributed by atoms with Gasteiger partial charge in [-0.1, -0.05) is 26.0 Å². The summed E-state index contributed by atoms with van der Waals surface area (Å²) in [7, 11) is 0. The highest BCUT2D eigenvalue weighted by Gasteiger charge is 2.21. The van der Waals surface area contributed by atoms with E-state index in [9.17, 15) is 0 Å². The molecule has 3 N–H and O–H groups in total. The Hall–Kier alpha value is -2.33. The van der Waals surface area contributed by atoms with E-state index in [-0.39, 0.29) is 5.54 Å². The van der Waals surface area contributed by atoms with Gasteiger partial charge < -0.3 is 15.5 Å². The number of H-pyrrole nitrogens is 1. The quantitative estimate of drug-likeness (QED) is 0.708. The number of hydrogen-bond acceptors (Lipinski definition) is 3. The normalized spacial score (nSPS) is 14.0. The number of aromatic amines is 1. The Morgan fingerprint density at radius 3 is 2.67 bits per heavy atom. The molecule has 1 atom stereocenters. The van der Waals surface area contributed by atoms with E-state index < -0.39 is 0 Å². The maximum atomic E-state index is 6.30. The van der Waals surface area contributed by atoms with Gasteiger partial charge in [-0.05, 0) is 49.1 Å². The molecule has 0 saturated carbocycles. The molecule has 0 unspecified atom stereocenters. The Labute approximate surface area is 143 Å². The standard InChI is InChI=1S/C20H25N3O/c1-14(2)11-20(3,21)13-24-16-8-6-15(7-9-16)18-12-23-19-17(18)5-4-10-22-19/h4-10,12,14H,11,13,21H2,1-3H3,(H,22,23)/t20-/m0/s1. The molecule has 0 spiro atoms. The first-order valence-corrected chi connectivity index (χ1v) is 8.39. The number of benzene rings is 1. The Morgan fingerprint density at radius 2 is 1.96 bits per heavy atom. The van der Waals surface area contributed by atoms with Crippen molar-refractivity contribution in [1.29, 1.82) is 0 Å². The van der Waals surface area contributed by atoms with E-state index in [1.807, 2.05) is 31.3 Å². The second kappa shape index (κ2) is 6.65. The summed E-state index contributed by atoms with van der Waals surface area (Å²) < 4.78 is 5.89. The lowest BCUT2D eigenvalue weighted by Crippen LogP contribution is -2.43. The van der Waals surface area contributed by atoms with Gasteiger partial charge in [0.1, 0.15) is 18.0 Å². The van der Waals surface area contributed by atoms with Crippen molar-refractivity contribution in [2.24, 2.45) is 11.7 Å². The minimum atomic E-state index is -0.310. The molecule has 0 aliphatic rings. The van der Waals surface area contributed by atoms with Crippen molar-refractivity contribution in [3.63, 3.8) is 0 Å². The first-order valence-electron chi connectivity index (χ1n) is 8.39. The smallest absolute Gasteiger partial charge is 0.137 e. The molecule has 3 aromatic rings. The molecular weight excluding hydrogens is 298 g/mol. The second-order valence-corrected chi connectivity index (χ2v) is 7.17. The van der Waals surface area contributed by atoms with E-state index in [0.29, 0.717) is 12.5 Å². The SMILES string of the molecule is CC(C)C[C@](C)(N)COc1ccc(-c2c[nH]c3ncccc23)cc1. The van der Waals surface area contributed by atoms with Crippen LogP contribution in [0.2, 0.25) is 0 Å². The summed E-state index contributed by atoms with van der Waals surface area (Å²) in [6.07, 6.45) is 4.72.